The lowest BCUT2D eigenvalue weighted by Crippen LogP contribution is -2.40. The van der Waals surface area contributed by atoms with Crippen LogP contribution in [0.25, 0.3) is 11.4 Å². The highest BCUT2D eigenvalue weighted by Gasteiger charge is 2.29. The number of nitrogens with zero attached hydrogens (tertiary/aromatic N) is 3. The number of likely N-dealkylation sites (tertiary alicyclic amines) is 1. The number of ether oxygens (including phenoxy) is 1. The SMILES string of the molecule is O=C(OCc1nc(-c2ccsc2)no1)C1CCN(C(=O)c2cccs2)CC1. The zero-order chi connectivity index (χ0) is 18.6. The van der Waals surface area contributed by atoms with Crippen molar-refractivity contribution in [1.82, 2.24) is 15.0 Å². The predicted molar refractivity (Wildman–Crippen MR) is 100 cm³/mol. The number of carbonyl (C=O) groups is 2. The fourth-order valence-corrected chi connectivity index (χ4v) is 4.27. The summed E-state index contributed by atoms with van der Waals surface area (Å²) in [5.74, 6) is 0.298. The van der Waals surface area contributed by atoms with Gasteiger partial charge >= 0.3 is 5.97 Å². The van der Waals surface area contributed by atoms with Crippen LogP contribution in [0, 0.1) is 5.92 Å². The van der Waals surface area contributed by atoms with Crippen molar-refractivity contribution in [2.24, 2.45) is 5.92 Å². The maximum atomic E-state index is 12.3. The van der Waals surface area contributed by atoms with Crippen molar-refractivity contribution in [2.75, 3.05) is 13.1 Å². The molecule has 27 heavy (non-hydrogen) atoms. The van der Waals surface area contributed by atoms with Crippen LogP contribution in [-0.2, 0) is 16.1 Å². The Morgan fingerprint density at radius 3 is 2.81 bits per heavy atom. The van der Waals surface area contributed by atoms with Gasteiger partial charge in [-0.1, -0.05) is 11.2 Å². The van der Waals surface area contributed by atoms with E-state index in [9.17, 15) is 9.59 Å². The van der Waals surface area contributed by atoms with E-state index in [2.05, 4.69) is 10.1 Å². The molecular formula is C18H17N3O4S2. The van der Waals surface area contributed by atoms with E-state index < -0.39 is 0 Å². The molecule has 9 heteroatoms. The lowest BCUT2D eigenvalue weighted by atomic mass is 9.97. The molecule has 7 nitrogen and oxygen atoms in total. The molecule has 0 aromatic carbocycles. The lowest BCUT2D eigenvalue weighted by Gasteiger charge is -2.30. The highest BCUT2D eigenvalue weighted by atomic mass is 32.1. The molecule has 3 aromatic rings. The number of hydrogen-bond acceptors (Lipinski definition) is 8. The number of piperidine rings is 1. The molecule has 3 aromatic heterocycles. The molecule has 4 heterocycles. The minimum atomic E-state index is -0.284. The number of carbonyl (C=O) groups excluding carboxylic acids is 2. The molecule has 1 aliphatic rings. The Kier molecular flexibility index (Phi) is 5.30. The summed E-state index contributed by atoms with van der Waals surface area (Å²) in [6.45, 7) is 1.07. The molecule has 1 amide bonds. The van der Waals surface area contributed by atoms with Crippen molar-refractivity contribution in [3.05, 3.63) is 45.1 Å². The van der Waals surface area contributed by atoms with Gasteiger partial charge in [0.25, 0.3) is 11.8 Å². The fraction of sp³-hybridized carbons (Fsp3) is 0.333. The summed E-state index contributed by atoms with van der Waals surface area (Å²) in [6.07, 6.45) is 1.19. The first-order valence-electron chi connectivity index (χ1n) is 8.55. The summed E-state index contributed by atoms with van der Waals surface area (Å²) >= 11 is 2.98. The lowest BCUT2D eigenvalue weighted by molar-refractivity contribution is -0.152. The Labute approximate surface area is 163 Å². The molecule has 0 unspecified atom stereocenters. The third kappa shape index (κ3) is 4.09. The number of esters is 1. The molecule has 1 fully saturated rings. The summed E-state index contributed by atoms with van der Waals surface area (Å²) < 4.78 is 10.5. The van der Waals surface area contributed by atoms with E-state index in [0.717, 1.165) is 10.4 Å². The predicted octanol–water partition coefficient (Wildman–Crippen LogP) is 3.46. The highest BCUT2D eigenvalue weighted by molar-refractivity contribution is 7.12. The highest BCUT2D eigenvalue weighted by Crippen LogP contribution is 2.23. The quantitative estimate of drug-likeness (QED) is 0.607. The minimum absolute atomic E-state index is 0.0311. The number of aromatic nitrogens is 2. The zero-order valence-corrected chi connectivity index (χ0v) is 16.0. The van der Waals surface area contributed by atoms with Crippen molar-refractivity contribution in [2.45, 2.75) is 19.4 Å². The largest absolute Gasteiger partial charge is 0.455 e. The van der Waals surface area contributed by atoms with Gasteiger partial charge in [0.05, 0.1) is 10.8 Å². The monoisotopic (exact) mass is 403 g/mol. The van der Waals surface area contributed by atoms with Crippen molar-refractivity contribution in [3.8, 4) is 11.4 Å². The summed E-state index contributed by atoms with van der Waals surface area (Å²) in [6, 6.07) is 5.59. The first-order chi connectivity index (χ1) is 13.2. The first-order valence-corrected chi connectivity index (χ1v) is 10.4. The molecule has 0 N–H and O–H groups in total. The molecule has 0 bridgehead atoms. The van der Waals surface area contributed by atoms with E-state index in [1.54, 1.807) is 16.2 Å². The molecule has 0 spiro atoms. The average Bonchev–Trinajstić information content (AvgIpc) is 3.47. The normalized spacial score (nSPS) is 15.0. The molecule has 4 rings (SSSR count). The van der Waals surface area contributed by atoms with E-state index in [1.165, 1.54) is 11.3 Å². The van der Waals surface area contributed by atoms with Crippen LogP contribution in [0.3, 0.4) is 0 Å². The van der Waals surface area contributed by atoms with Gasteiger partial charge in [0, 0.05) is 24.0 Å². The fourth-order valence-electron chi connectivity index (χ4n) is 2.95. The van der Waals surface area contributed by atoms with Gasteiger partial charge in [-0.05, 0) is 35.7 Å². The number of thiophene rings is 2. The summed E-state index contributed by atoms with van der Waals surface area (Å²) in [5.41, 5.74) is 0.879. The second-order valence-electron chi connectivity index (χ2n) is 6.18. The Bertz CT molecular complexity index is 897. The van der Waals surface area contributed by atoms with Gasteiger partial charge in [-0.3, -0.25) is 9.59 Å². The standard InChI is InChI=1S/C18H17N3O4S2/c22-17(14-2-1-8-27-14)21-6-3-12(4-7-21)18(23)24-10-15-19-16(20-25-15)13-5-9-26-11-13/h1-2,5,8-9,11-12H,3-4,6-7,10H2. The molecule has 0 aliphatic carbocycles. The maximum absolute atomic E-state index is 12.3. The van der Waals surface area contributed by atoms with Crippen LogP contribution in [0.15, 0.2) is 38.9 Å². The first kappa shape index (κ1) is 17.9. The van der Waals surface area contributed by atoms with Gasteiger partial charge in [0.1, 0.15) is 0 Å². The Morgan fingerprint density at radius 2 is 2.11 bits per heavy atom. The number of hydrogen-bond donors (Lipinski definition) is 0. The molecule has 1 aliphatic heterocycles. The molecule has 0 saturated carbocycles. The van der Waals surface area contributed by atoms with Crippen LogP contribution in [0.2, 0.25) is 0 Å². The van der Waals surface area contributed by atoms with Crippen LogP contribution in [0.5, 0.6) is 0 Å². The van der Waals surface area contributed by atoms with Gasteiger partial charge in [-0.15, -0.1) is 11.3 Å². The van der Waals surface area contributed by atoms with Gasteiger partial charge in [-0.2, -0.15) is 16.3 Å². The minimum Gasteiger partial charge on any atom is -0.455 e. The van der Waals surface area contributed by atoms with E-state index in [1.807, 2.05) is 34.3 Å². The van der Waals surface area contributed by atoms with E-state index in [0.29, 0.717) is 31.8 Å². The van der Waals surface area contributed by atoms with Gasteiger partial charge in [0.15, 0.2) is 6.61 Å². The summed E-state index contributed by atoms with van der Waals surface area (Å²) in [7, 11) is 0. The Balaban J connectivity index is 1.26. The van der Waals surface area contributed by atoms with Crippen molar-refractivity contribution >= 4 is 34.6 Å². The molecular weight excluding hydrogens is 386 g/mol. The second kappa shape index (κ2) is 8.01. The molecule has 140 valence electrons. The van der Waals surface area contributed by atoms with Crippen LogP contribution < -0.4 is 0 Å². The smallest absolute Gasteiger partial charge is 0.309 e. The topological polar surface area (TPSA) is 85.5 Å². The third-order valence-electron chi connectivity index (χ3n) is 4.43. The van der Waals surface area contributed by atoms with E-state index >= 15 is 0 Å². The van der Waals surface area contributed by atoms with Crippen molar-refractivity contribution in [3.63, 3.8) is 0 Å². The molecule has 0 atom stereocenters. The van der Waals surface area contributed by atoms with Crippen LogP contribution >= 0.6 is 22.7 Å². The van der Waals surface area contributed by atoms with Crippen molar-refractivity contribution < 1.29 is 18.8 Å². The van der Waals surface area contributed by atoms with Gasteiger partial charge in [0.2, 0.25) is 5.82 Å². The second-order valence-corrected chi connectivity index (χ2v) is 7.90. The Hall–Kier alpha value is -2.52. The van der Waals surface area contributed by atoms with Gasteiger partial charge in [-0.25, -0.2) is 0 Å². The number of rotatable bonds is 5. The molecule has 1 saturated heterocycles. The van der Waals surface area contributed by atoms with Crippen LogP contribution in [-0.4, -0.2) is 40.0 Å². The van der Waals surface area contributed by atoms with Crippen LogP contribution in [0.4, 0.5) is 0 Å². The Morgan fingerprint density at radius 1 is 1.26 bits per heavy atom. The summed E-state index contributed by atoms with van der Waals surface area (Å²) in [4.78, 5) is 31.4. The van der Waals surface area contributed by atoms with Crippen LogP contribution in [0.1, 0.15) is 28.4 Å². The van der Waals surface area contributed by atoms with Gasteiger partial charge < -0.3 is 14.2 Å². The van der Waals surface area contributed by atoms with E-state index in [-0.39, 0.29) is 30.3 Å². The third-order valence-corrected chi connectivity index (χ3v) is 5.97. The summed E-state index contributed by atoms with van der Waals surface area (Å²) in [5, 5.41) is 9.63. The zero-order valence-electron chi connectivity index (χ0n) is 14.4. The number of amides is 1. The maximum Gasteiger partial charge on any atom is 0.309 e. The molecule has 0 radical (unpaired) electrons. The average molecular weight is 403 g/mol. The van der Waals surface area contributed by atoms with E-state index in [4.69, 9.17) is 9.26 Å². The van der Waals surface area contributed by atoms with Crippen molar-refractivity contribution in [1.29, 1.82) is 0 Å².